The third-order valence-electron chi connectivity index (χ3n) is 4.84. The second-order valence-corrected chi connectivity index (χ2v) is 9.66. The van der Waals surface area contributed by atoms with E-state index < -0.39 is 53.0 Å². The Bertz CT molecular complexity index is 1150. The molecule has 0 radical (unpaired) electrons. The van der Waals surface area contributed by atoms with Gasteiger partial charge in [-0.05, 0) is 24.1 Å². The number of carbonyl (C=O) groups is 3. The standard InChI is InChI=1S/C26H31NO9S/c1-4-11-23(35-19(2)28)25(36-24(29)16-20-12-7-5-8-13-20)22(18-34-37(3,31)32)27-26(30)33-17-21-14-9-6-10-15-21/h4-15,22-23,25H,16-18H2,1-3H3,(H,27,30)/b11-4+/t22-,23+,25+/m0/s1. The van der Waals surface area contributed by atoms with Gasteiger partial charge in [-0.3, -0.25) is 13.8 Å². The first kappa shape index (κ1) is 29.5. The molecule has 200 valence electrons. The number of hydrogen-bond donors (Lipinski definition) is 1. The molecular weight excluding hydrogens is 502 g/mol. The maximum absolute atomic E-state index is 12.8. The van der Waals surface area contributed by atoms with E-state index in [4.69, 9.17) is 18.4 Å². The molecule has 10 nitrogen and oxygen atoms in total. The van der Waals surface area contributed by atoms with Gasteiger partial charge in [-0.2, -0.15) is 8.42 Å². The SMILES string of the molecule is C/C=C/[C@@H](OC(C)=O)[C@H](OC(=O)Cc1ccccc1)[C@H](COS(C)(=O)=O)NC(=O)OCc1ccccc1. The molecule has 3 atom stereocenters. The Hall–Kier alpha value is -3.70. The van der Waals surface area contributed by atoms with Gasteiger partial charge < -0.3 is 19.5 Å². The van der Waals surface area contributed by atoms with Crippen molar-refractivity contribution in [2.45, 2.75) is 45.1 Å². The number of carbonyl (C=O) groups excluding carboxylic acids is 3. The summed E-state index contributed by atoms with van der Waals surface area (Å²) < 4.78 is 44.6. The van der Waals surface area contributed by atoms with E-state index in [2.05, 4.69) is 5.32 Å². The first-order valence-electron chi connectivity index (χ1n) is 11.4. The lowest BCUT2D eigenvalue weighted by Gasteiger charge is -2.31. The van der Waals surface area contributed by atoms with Crippen LogP contribution in [0.2, 0.25) is 0 Å². The van der Waals surface area contributed by atoms with Crippen molar-refractivity contribution in [1.29, 1.82) is 0 Å². The summed E-state index contributed by atoms with van der Waals surface area (Å²) in [6, 6.07) is 16.4. The largest absolute Gasteiger partial charge is 0.455 e. The minimum Gasteiger partial charge on any atom is -0.455 e. The van der Waals surface area contributed by atoms with Crippen molar-refractivity contribution in [3.63, 3.8) is 0 Å². The summed E-state index contributed by atoms with van der Waals surface area (Å²) in [6.07, 6.45) is 0.311. The first-order valence-corrected chi connectivity index (χ1v) is 13.2. The molecule has 0 saturated carbocycles. The van der Waals surface area contributed by atoms with Crippen molar-refractivity contribution in [1.82, 2.24) is 5.32 Å². The van der Waals surface area contributed by atoms with Crippen LogP contribution in [0.4, 0.5) is 4.79 Å². The number of hydrogen-bond acceptors (Lipinski definition) is 9. The number of benzene rings is 2. The van der Waals surface area contributed by atoms with Crippen LogP contribution in [-0.4, -0.2) is 57.6 Å². The van der Waals surface area contributed by atoms with Crippen LogP contribution in [0.3, 0.4) is 0 Å². The predicted molar refractivity (Wildman–Crippen MR) is 135 cm³/mol. The fourth-order valence-electron chi connectivity index (χ4n) is 3.26. The van der Waals surface area contributed by atoms with Crippen LogP contribution in [0.25, 0.3) is 0 Å². The maximum atomic E-state index is 12.8. The van der Waals surface area contributed by atoms with Crippen LogP contribution >= 0.6 is 0 Å². The lowest BCUT2D eigenvalue weighted by Crippen LogP contribution is -2.54. The number of nitrogens with one attached hydrogen (secondary N) is 1. The lowest BCUT2D eigenvalue weighted by atomic mass is 10.0. The minimum absolute atomic E-state index is 0.0625. The second kappa shape index (κ2) is 14.8. The Morgan fingerprint density at radius 3 is 2.08 bits per heavy atom. The van der Waals surface area contributed by atoms with Gasteiger partial charge in [0.15, 0.2) is 12.2 Å². The molecule has 2 aromatic carbocycles. The molecule has 11 heteroatoms. The summed E-state index contributed by atoms with van der Waals surface area (Å²) in [5.41, 5.74) is 1.39. The van der Waals surface area contributed by atoms with Crippen molar-refractivity contribution >= 4 is 28.1 Å². The van der Waals surface area contributed by atoms with Crippen LogP contribution in [-0.2, 0) is 51.1 Å². The molecule has 0 unspecified atom stereocenters. The van der Waals surface area contributed by atoms with Gasteiger partial charge in [0.05, 0.1) is 25.3 Å². The average Bonchev–Trinajstić information content (AvgIpc) is 2.84. The Balaban J connectivity index is 2.30. The summed E-state index contributed by atoms with van der Waals surface area (Å²) in [6.45, 7) is 2.15. The summed E-state index contributed by atoms with van der Waals surface area (Å²) in [5.74, 6) is -1.37. The normalized spacial score (nSPS) is 13.8. The number of ether oxygens (including phenoxy) is 3. The summed E-state index contributed by atoms with van der Waals surface area (Å²) in [4.78, 5) is 37.3. The first-order chi connectivity index (χ1) is 17.6. The minimum atomic E-state index is -3.94. The van der Waals surface area contributed by atoms with Crippen molar-refractivity contribution in [3.05, 3.63) is 83.9 Å². The van der Waals surface area contributed by atoms with E-state index in [1.165, 1.54) is 13.0 Å². The van der Waals surface area contributed by atoms with Gasteiger partial charge in [0, 0.05) is 6.92 Å². The number of allylic oxidation sites excluding steroid dienone is 1. The van der Waals surface area contributed by atoms with Gasteiger partial charge in [-0.15, -0.1) is 0 Å². The monoisotopic (exact) mass is 533 g/mol. The van der Waals surface area contributed by atoms with Crippen molar-refractivity contribution in [2.75, 3.05) is 12.9 Å². The molecule has 0 saturated heterocycles. The highest BCUT2D eigenvalue weighted by atomic mass is 32.2. The van der Waals surface area contributed by atoms with E-state index in [0.717, 1.165) is 11.8 Å². The number of alkyl carbamates (subject to hydrolysis) is 1. The number of amides is 1. The molecular formula is C26H31NO9S. The highest BCUT2D eigenvalue weighted by Crippen LogP contribution is 2.16. The Morgan fingerprint density at radius 1 is 0.946 bits per heavy atom. The fraction of sp³-hybridized carbons (Fsp3) is 0.346. The Kier molecular flexibility index (Phi) is 11.8. The molecule has 0 fully saturated rings. The maximum Gasteiger partial charge on any atom is 0.407 e. The van der Waals surface area contributed by atoms with E-state index in [1.54, 1.807) is 67.6 Å². The van der Waals surface area contributed by atoms with Gasteiger partial charge in [0.1, 0.15) is 6.61 Å². The zero-order chi connectivity index (χ0) is 27.3. The molecule has 2 aromatic rings. The van der Waals surface area contributed by atoms with Gasteiger partial charge in [-0.25, -0.2) is 4.79 Å². The van der Waals surface area contributed by atoms with Crippen molar-refractivity contribution in [2.24, 2.45) is 0 Å². The van der Waals surface area contributed by atoms with Gasteiger partial charge in [0.25, 0.3) is 10.1 Å². The second-order valence-electron chi connectivity index (χ2n) is 8.02. The molecule has 0 aliphatic carbocycles. The zero-order valence-electron chi connectivity index (χ0n) is 20.9. The van der Waals surface area contributed by atoms with Crippen LogP contribution < -0.4 is 5.32 Å². The zero-order valence-corrected chi connectivity index (χ0v) is 21.7. The summed E-state index contributed by atoms with van der Waals surface area (Å²) in [5, 5.41) is 2.49. The quantitative estimate of drug-likeness (QED) is 0.178. The average molecular weight is 534 g/mol. The summed E-state index contributed by atoms with van der Waals surface area (Å²) in [7, 11) is -3.94. The van der Waals surface area contributed by atoms with Crippen LogP contribution in [0.1, 0.15) is 25.0 Å². The Morgan fingerprint density at radius 2 is 1.54 bits per heavy atom. The van der Waals surface area contributed by atoms with E-state index in [-0.39, 0.29) is 13.0 Å². The topological polar surface area (TPSA) is 134 Å². The van der Waals surface area contributed by atoms with E-state index in [0.29, 0.717) is 5.56 Å². The molecule has 1 N–H and O–H groups in total. The van der Waals surface area contributed by atoms with Crippen molar-refractivity contribution < 1.29 is 41.2 Å². The third kappa shape index (κ3) is 11.7. The molecule has 37 heavy (non-hydrogen) atoms. The van der Waals surface area contributed by atoms with E-state index in [1.807, 2.05) is 6.07 Å². The highest BCUT2D eigenvalue weighted by Gasteiger charge is 2.36. The molecule has 0 heterocycles. The smallest absolute Gasteiger partial charge is 0.407 e. The molecule has 2 rings (SSSR count). The molecule has 0 spiro atoms. The Labute approximate surface area is 216 Å². The van der Waals surface area contributed by atoms with Crippen molar-refractivity contribution in [3.8, 4) is 0 Å². The van der Waals surface area contributed by atoms with E-state index in [9.17, 15) is 22.8 Å². The fourth-order valence-corrected chi connectivity index (χ4v) is 3.66. The molecule has 0 bridgehead atoms. The number of esters is 2. The van der Waals surface area contributed by atoms with Gasteiger partial charge in [0.2, 0.25) is 0 Å². The van der Waals surface area contributed by atoms with Crippen LogP contribution in [0.5, 0.6) is 0 Å². The third-order valence-corrected chi connectivity index (χ3v) is 5.41. The summed E-state index contributed by atoms with van der Waals surface area (Å²) >= 11 is 0. The molecule has 0 aromatic heterocycles. The number of rotatable bonds is 13. The van der Waals surface area contributed by atoms with Crippen LogP contribution in [0.15, 0.2) is 72.8 Å². The van der Waals surface area contributed by atoms with Crippen LogP contribution in [0, 0.1) is 0 Å². The van der Waals surface area contributed by atoms with Gasteiger partial charge in [-0.1, -0.05) is 66.7 Å². The lowest BCUT2D eigenvalue weighted by molar-refractivity contribution is -0.165. The van der Waals surface area contributed by atoms with Gasteiger partial charge >= 0.3 is 18.0 Å². The highest BCUT2D eigenvalue weighted by molar-refractivity contribution is 7.85. The van der Waals surface area contributed by atoms with E-state index >= 15 is 0 Å². The predicted octanol–water partition coefficient (Wildman–Crippen LogP) is 2.92. The molecule has 1 amide bonds. The molecule has 0 aliphatic rings. The molecule has 0 aliphatic heterocycles.